The van der Waals surface area contributed by atoms with Crippen LogP contribution >= 0.6 is 0 Å². The number of aliphatic hydroxyl groups excluding tert-OH is 1. The zero-order valence-corrected chi connectivity index (χ0v) is 12.7. The highest BCUT2D eigenvalue weighted by atomic mass is 16.6. The van der Waals surface area contributed by atoms with Crippen molar-refractivity contribution in [3.63, 3.8) is 0 Å². The van der Waals surface area contributed by atoms with Gasteiger partial charge >= 0.3 is 0 Å². The fourth-order valence-corrected chi connectivity index (χ4v) is 1.68. The van der Waals surface area contributed by atoms with Gasteiger partial charge < -0.3 is 15.3 Å². The summed E-state index contributed by atoms with van der Waals surface area (Å²) in [5, 5.41) is 23.6. The number of nitrogens with one attached hydrogen (secondary N) is 1. The van der Waals surface area contributed by atoms with Gasteiger partial charge in [0, 0.05) is 32.3 Å². The Bertz CT molecular complexity index is 529. The molecule has 0 bridgehead atoms. The number of carbonyl (C=O) groups is 1. The number of nitro groups is 1. The van der Waals surface area contributed by atoms with Crippen LogP contribution in [0, 0.1) is 16.0 Å². The first-order valence-electron chi connectivity index (χ1n) is 6.66. The molecule has 1 rings (SSSR count). The summed E-state index contributed by atoms with van der Waals surface area (Å²) in [6, 6.07) is 4.15. The highest BCUT2D eigenvalue weighted by Crippen LogP contribution is 2.26. The molecule has 7 heteroatoms. The lowest BCUT2D eigenvalue weighted by atomic mass is 10.1. The van der Waals surface area contributed by atoms with Crippen LogP contribution < -0.4 is 5.32 Å². The normalized spacial score (nSPS) is 12.1. The lowest BCUT2D eigenvalue weighted by Gasteiger charge is -2.17. The number of benzene rings is 1. The van der Waals surface area contributed by atoms with Crippen LogP contribution in [0.5, 0.6) is 0 Å². The summed E-state index contributed by atoms with van der Waals surface area (Å²) >= 11 is 0. The molecule has 1 amide bonds. The summed E-state index contributed by atoms with van der Waals surface area (Å²) in [5.74, 6) is -0.208. The molecule has 2 N–H and O–H groups in total. The molecule has 0 heterocycles. The lowest BCUT2D eigenvalue weighted by molar-refractivity contribution is -0.384. The fourth-order valence-electron chi connectivity index (χ4n) is 1.68. The molecule has 0 aliphatic heterocycles. The molecule has 0 radical (unpaired) electrons. The van der Waals surface area contributed by atoms with E-state index in [1.807, 2.05) is 13.8 Å². The first-order chi connectivity index (χ1) is 9.73. The van der Waals surface area contributed by atoms with Gasteiger partial charge in [0.25, 0.3) is 11.6 Å². The van der Waals surface area contributed by atoms with Crippen LogP contribution in [-0.4, -0.2) is 47.6 Å². The van der Waals surface area contributed by atoms with E-state index in [0.717, 1.165) is 0 Å². The van der Waals surface area contributed by atoms with Crippen molar-refractivity contribution in [3.05, 3.63) is 33.9 Å². The Morgan fingerprint density at radius 1 is 1.43 bits per heavy atom. The number of aliphatic hydroxyl groups is 1. The average molecular weight is 295 g/mol. The van der Waals surface area contributed by atoms with Gasteiger partial charge in [-0.3, -0.25) is 14.9 Å². The first kappa shape index (κ1) is 16.9. The predicted molar refractivity (Wildman–Crippen MR) is 80.4 cm³/mol. The van der Waals surface area contributed by atoms with Crippen LogP contribution in [0.15, 0.2) is 18.2 Å². The van der Waals surface area contributed by atoms with Gasteiger partial charge in [0.15, 0.2) is 0 Å². The van der Waals surface area contributed by atoms with Crippen LogP contribution in [0.2, 0.25) is 0 Å². The fraction of sp³-hybridized carbons (Fsp3) is 0.500. The molecule has 0 saturated heterocycles. The van der Waals surface area contributed by atoms with E-state index in [2.05, 4.69) is 5.32 Å². The number of anilines is 1. The third kappa shape index (κ3) is 4.42. The lowest BCUT2D eigenvalue weighted by Crippen LogP contribution is -2.25. The Morgan fingerprint density at radius 2 is 2.05 bits per heavy atom. The van der Waals surface area contributed by atoms with E-state index < -0.39 is 11.0 Å². The van der Waals surface area contributed by atoms with Crippen molar-refractivity contribution in [2.24, 2.45) is 5.92 Å². The zero-order chi connectivity index (χ0) is 16.2. The van der Waals surface area contributed by atoms with Crippen molar-refractivity contribution < 1.29 is 14.8 Å². The second-order valence-corrected chi connectivity index (χ2v) is 5.38. The summed E-state index contributed by atoms with van der Waals surface area (Å²) < 4.78 is 0. The summed E-state index contributed by atoms with van der Waals surface area (Å²) in [4.78, 5) is 23.8. The van der Waals surface area contributed by atoms with Gasteiger partial charge in [-0.05, 0) is 18.1 Å². The van der Waals surface area contributed by atoms with Crippen LogP contribution in [0.25, 0.3) is 0 Å². The summed E-state index contributed by atoms with van der Waals surface area (Å²) in [5.41, 5.74) is 0.459. The molecule has 1 aromatic carbocycles. The van der Waals surface area contributed by atoms with Gasteiger partial charge in [-0.15, -0.1) is 0 Å². The Kier molecular flexibility index (Phi) is 5.66. The maximum absolute atomic E-state index is 11.9. The molecule has 0 spiro atoms. The number of carbonyl (C=O) groups excluding carboxylic acids is 1. The van der Waals surface area contributed by atoms with Gasteiger partial charge in [-0.25, -0.2) is 0 Å². The third-order valence-electron chi connectivity index (χ3n) is 3.12. The van der Waals surface area contributed by atoms with Gasteiger partial charge in [0.05, 0.1) is 11.0 Å². The molecule has 7 nitrogen and oxygen atoms in total. The Morgan fingerprint density at radius 3 is 2.52 bits per heavy atom. The molecule has 21 heavy (non-hydrogen) atoms. The molecule has 116 valence electrons. The maximum atomic E-state index is 11.9. The number of amides is 1. The topological polar surface area (TPSA) is 95.7 Å². The van der Waals surface area contributed by atoms with Crippen LogP contribution in [0.1, 0.15) is 24.2 Å². The van der Waals surface area contributed by atoms with Gasteiger partial charge in [0.1, 0.15) is 5.69 Å². The van der Waals surface area contributed by atoms with Gasteiger partial charge in [0.2, 0.25) is 0 Å². The highest BCUT2D eigenvalue weighted by Gasteiger charge is 2.19. The van der Waals surface area contributed by atoms with Crippen LogP contribution in [0.4, 0.5) is 11.4 Å². The van der Waals surface area contributed by atoms with Crippen molar-refractivity contribution in [2.75, 3.05) is 26.0 Å². The number of nitrogens with zero attached hydrogens (tertiary/aromatic N) is 2. The van der Waals surface area contributed by atoms with Crippen LogP contribution in [0.3, 0.4) is 0 Å². The number of hydrogen-bond acceptors (Lipinski definition) is 5. The molecule has 0 aliphatic carbocycles. The number of rotatable bonds is 6. The van der Waals surface area contributed by atoms with Crippen molar-refractivity contribution in [2.45, 2.75) is 20.0 Å². The molecule has 0 aromatic heterocycles. The molecular weight excluding hydrogens is 274 g/mol. The largest absolute Gasteiger partial charge is 0.391 e. The average Bonchev–Trinajstić information content (AvgIpc) is 2.42. The van der Waals surface area contributed by atoms with E-state index in [4.69, 9.17) is 0 Å². The molecule has 1 aromatic rings. The van der Waals surface area contributed by atoms with Crippen molar-refractivity contribution in [1.82, 2.24) is 4.90 Å². The second-order valence-electron chi connectivity index (χ2n) is 5.38. The first-order valence-corrected chi connectivity index (χ1v) is 6.66. The highest BCUT2D eigenvalue weighted by molar-refractivity contribution is 5.95. The second kappa shape index (κ2) is 7.03. The standard InChI is InChI=1S/C14H21N3O4/c1-9(2)13(18)8-15-11-7-10(14(19)16(3)4)5-6-12(11)17(20)21/h5-7,9,13,15,18H,8H2,1-4H3. The molecule has 0 saturated carbocycles. The zero-order valence-electron chi connectivity index (χ0n) is 12.7. The minimum atomic E-state index is -0.627. The van der Waals surface area contributed by atoms with E-state index in [1.165, 1.54) is 23.1 Å². The van der Waals surface area contributed by atoms with E-state index in [1.54, 1.807) is 14.1 Å². The van der Waals surface area contributed by atoms with E-state index in [9.17, 15) is 20.0 Å². The minimum Gasteiger partial charge on any atom is -0.391 e. The third-order valence-corrected chi connectivity index (χ3v) is 3.12. The summed E-state index contributed by atoms with van der Waals surface area (Å²) in [6.07, 6.45) is -0.627. The van der Waals surface area contributed by atoms with Crippen molar-refractivity contribution in [3.8, 4) is 0 Å². The SMILES string of the molecule is CC(C)C(O)CNc1cc(C(=O)N(C)C)ccc1[N+](=O)[O-]. The maximum Gasteiger partial charge on any atom is 0.292 e. The van der Waals surface area contributed by atoms with Crippen molar-refractivity contribution >= 4 is 17.3 Å². The summed E-state index contributed by atoms with van der Waals surface area (Å²) in [6.45, 7) is 3.89. The monoisotopic (exact) mass is 295 g/mol. The van der Waals surface area contributed by atoms with E-state index in [-0.39, 0.29) is 29.7 Å². The Hall–Kier alpha value is -2.15. The van der Waals surface area contributed by atoms with Gasteiger partial charge in [-0.1, -0.05) is 13.8 Å². The van der Waals surface area contributed by atoms with E-state index >= 15 is 0 Å². The molecule has 1 unspecified atom stereocenters. The Balaban J connectivity index is 3.04. The van der Waals surface area contributed by atoms with Crippen molar-refractivity contribution in [1.29, 1.82) is 0 Å². The predicted octanol–water partition coefficient (Wildman–Crippen LogP) is 1.73. The number of nitro benzene ring substituents is 1. The molecule has 0 aliphatic rings. The summed E-state index contributed by atoms with van der Waals surface area (Å²) in [7, 11) is 3.22. The van der Waals surface area contributed by atoms with E-state index in [0.29, 0.717) is 5.56 Å². The molecular formula is C14H21N3O4. The van der Waals surface area contributed by atoms with Crippen LogP contribution in [-0.2, 0) is 0 Å². The quantitative estimate of drug-likeness (QED) is 0.615. The smallest absolute Gasteiger partial charge is 0.292 e. The molecule has 0 fully saturated rings. The minimum absolute atomic E-state index is 0.0307. The Labute approximate surface area is 123 Å². The van der Waals surface area contributed by atoms with Gasteiger partial charge in [-0.2, -0.15) is 0 Å². The number of hydrogen-bond donors (Lipinski definition) is 2. The molecule has 1 atom stereocenters.